The second-order valence-electron chi connectivity index (χ2n) is 4.66. The fourth-order valence-corrected chi connectivity index (χ4v) is 2.85. The van der Waals surface area contributed by atoms with E-state index in [2.05, 4.69) is 25.2 Å². The van der Waals surface area contributed by atoms with Crippen LogP contribution in [-0.2, 0) is 4.79 Å². The van der Waals surface area contributed by atoms with E-state index in [9.17, 15) is 4.79 Å². The average Bonchev–Trinajstić information content (AvgIpc) is 3.01. The molecule has 104 valence electrons. The van der Waals surface area contributed by atoms with Gasteiger partial charge in [-0.2, -0.15) is 0 Å². The molecule has 1 atom stereocenters. The van der Waals surface area contributed by atoms with Crippen LogP contribution in [0.5, 0.6) is 0 Å². The Morgan fingerprint density at radius 3 is 2.90 bits per heavy atom. The van der Waals surface area contributed by atoms with Gasteiger partial charge in [-0.1, -0.05) is 0 Å². The lowest BCUT2D eigenvalue weighted by atomic mass is 9.97. The van der Waals surface area contributed by atoms with Gasteiger partial charge in [0.15, 0.2) is 5.13 Å². The minimum absolute atomic E-state index is 0.0283. The molecule has 3 rings (SSSR count). The molecule has 2 aromatic heterocycles. The highest BCUT2D eigenvalue weighted by Crippen LogP contribution is 2.22. The van der Waals surface area contributed by atoms with Crippen LogP contribution in [0.3, 0.4) is 0 Å². The number of rotatable bonds is 3. The van der Waals surface area contributed by atoms with Gasteiger partial charge in [-0.3, -0.25) is 4.79 Å². The van der Waals surface area contributed by atoms with Gasteiger partial charge in [-0.05, 0) is 18.9 Å². The Kier molecular flexibility index (Phi) is 3.87. The van der Waals surface area contributed by atoms with E-state index >= 15 is 0 Å². The number of nitrogens with zero attached hydrogens (tertiary/aromatic N) is 4. The predicted octanol–water partition coefficient (Wildman–Crippen LogP) is 1.79. The molecule has 1 amide bonds. The second-order valence-corrected chi connectivity index (χ2v) is 5.56. The van der Waals surface area contributed by atoms with Crippen molar-refractivity contribution in [2.24, 2.45) is 5.92 Å². The maximum Gasteiger partial charge on any atom is 0.231 e. The lowest BCUT2D eigenvalue weighted by molar-refractivity contribution is -0.120. The Hall–Kier alpha value is -2.02. The van der Waals surface area contributed by atoms with Gasteiger partial charge in [-0.25, -0.2) is 15.0 Å². The van der Waals surface area contributed by atoms with Crippen molar-refractivity contribution in [2.45, 2.75) is 12.8 Å². The van der Waals surface area contributed by atoms with E-state index in [-0.39, 0.29) is 11.8 Å². The molecule has 0 bridgehead atoms. The van der Waals surface area contributed by atoms with Gasteiger partial charge in [0.25, 0.3) is 0 Å². The summed E-state index contributed by atoms with van der Waals surface area (Å²) in [6.45, 7) is 1.55. The van der Waals surface area contributed by atoms with Crippen molar-refractivity contribution in [3.05, 3.63) is 30.0 Å². The molecule has 0 aromatic carbocycles. The maximum atomic E-state index is 12.2. The summed E-state index contributed by atoms with van der Waals surface area (Å²) < 4.78 is 0. The Morgan fingerprint density at radius 2 is 2.15 bits per heavy atom. The number of nitrogens with one attached hydrogen (secondary N) is 1. The van der Waals surface area contributed by atoms with Gasteiger partial charge >= 0.3 is 0 Å². The molecule has 0 unspecified atom stereocenters. The zero-order valence-electron chi connectivity index (χ0n) is 10.9. The van der Waals surface area contributed by atoms with E-state index in [1.807, 2.05) is 5.38 Å². The predicted molar refractivity (Wildman–Crippen MR) is 77.7 cm³/mol. The molecule has 2 aromatic rings. The highest BCUT2D eigenvalue weighted by atomic mass is 32.1. The van der Waals surface area contributed by atoms with Crippen LogP contribution in [0.25, 0.3) is 0 Å². The summed E-state index contributed by atoms with van der Waals surface area (Å²) in [4.78, 5) is 26.9. The fraction of sp³-hybridized carbons (Fsp3) is 0.385. The number of hydrogen-bond acceptors (Lipinski definition) is 6. The first-order chi connectivity index (χ1) is 9.83. The van der Waals surface area contributed by atoms with Crippen LogP contribution in [0, 0.1) is 5.92 Å². The summed E-state index contributed by atoms with van der Waals surface area (Å²) in [5.41, 5.74) is 0. The Bertz CT molecular complexity index is 559. The summed E-state index contributed by atoms with van der Waals surface area (Å²) in [5.74, 6) is 0.677. The number of aromatic nitrogens is 3. The lowest BCUT2D eigenvalue weighted by Gasteiger charge is -2.31. The minimum atomic E-state index is -0.0449. The molecule has 7 heteroatoms. The third kappa shape index (κ3) is 2.93. The van der Waals surface area contributed by atoms with Crippen molar-refractivity contribution >= 4 is 28.3 Å². The van der Waals surface area contributed by atoms with Gasteiger partial charge < -0.3 is 10.2 Å². The van der Waals surface area contributed by atoms with E-state index in [1.165, 1.54) is 11.3 Å². The van der Waals surface area contributed by atoms with Crippen molar-refractivity contribution in [1.82, 2.24) is 15.0 Å². The van der Waals surface area contributed by atoms with Crippen LogP contribution in [0.2, 0.25) is 0 Å². The van der Waals surface area contributed by atoms with Crippen molar-refractivity contribution in [2.75, 3.05) is 23.3 Å². The summed E-state index contributed by atoms with van der Waals surface area (Å²) >= 11 is 1.43. The molecule has 1 saturated heterocycles. The van der Waals surface area contributed by atoms with Crippen molar-refractivity contribution in [1.29, 1.82) is 0 Å². The van der Waals surface area contributed by atoms with E-state index in [0.717, 1.165) is 19.4 Å². The molecule has 3 heterocycles. The van der Waals surface area contributed by atoms with Gasteiger partial charge in [0.2, 0.25) is 11.9 Å². The smallest absolute Gasteiger partial charge is 0.231 e. The SMILES string of the molecule is O=C(Nc1nccs1)[C@H]1CCCN(c2ncccn2)C1. The van der Waals surface area contributed by atoms with Crippen molar-refractivity contribution < 1.29 is 4.79 Å². The number of thiazole rings is 1. The van der Waals surface area contributed by atoms with E-state index in [1.54, 1.807) is 24.7 Å². The van der Waals surface area contributed by atoms with E-state index in [4.69, 9.17) is 0 Å². The zero-order chi connectivity index (χ0) is 13.8. The first-order valence-electron chi connectivity index (χ1n) is 6.55. The molecule has 1 N–H and O–H groups in total. The molecular formula is C13H15N5OS. The van der Waals surface area contributed by atoms with Crippen LogP contribution < -0.4 is 10.2 Å². The van der Waals surface area contributed by atoms with E-state index < -0.39 is 0 Å². The third-order valence-corrected chi connectivity index (χ3v) is 3.98. The summed E-state index contributed by atoms with van der Waals surface area (Å²) in [5, 5.41) is 5.37. The first-order valence-corrected chi connectivity index (χ1v) is 7.43. The van der Waals surface area contributed by atoms with Crippen LogP contribution in [0.4, 0.5) is 11.1 Å². The molecular weight excluding hydrogens is 274 g/mol. The molecule has 20 heavy (non-hydrogen) atoms. The molecule has 0 spiro atoms. The van der Waals surface area contributed by atoms with Gasteiger partial charge in [0, 0.05) is 37.1 Å². The number of amides is 1. The number of carbonyl (C=O) groups is 1. The highest BCUT2D eigenvalue weighted by Gasteiger charge is 2.27. The number of anilines is 2. The molecule has 1 aliphatic heterocycles. The lowest BCUT2D eigenvalue weighted by Crippen LogP contribution is -2.41. The molecule has 0 aliphatic carbocycles. The minimum Gasteiger partial charge on any atom is -0.340 e. The van der Waals surface area contributed by atoms with Crippen molar-refractivity contribution in [3.8, 4) is 0 Å². The topological polar surface area (TPSA) is 71.0 Å². The molecule has 1 fully saturated rings. The van der Waals surface area contributed by atoms with Crippen LogP contribution >= 0.6 is 11.3 Å². The molecule has 1 aliphatic rings. The van der Waals surface area contributed by atoms with Gasteiger partial charge in [0.05, 0.1) is 5.92 Å². The molecule has 0 saturated carbocycles. The van der Waals surface area contributed by atoms with Crippen molar-refractivity contribution in [3.63, 3.8) is 0 Å². The Labute approximate surface area is 120 Å². The summed E-state index contributed by atoms with van der Waals surface area (Å²) in [6.07, 6.45) is 6.99. The second kappa shape index (κ2) is 5.96. The molecule has 0 radical (unpaired) electrons. The third-order valence-electron chi connectivity index (χ3n) is 3.29. The van der Waals surface area contributed by atoms with Gasteiger partial charge in [-0.15, -0.1) is 11.3 Å². The summed E-state index contributed by atoms with van der Waals surface area (Å²) in [6, 6.07) is 1.79. The Morgan fingerprint density at radius 1 is 1.30 bits per heavy atom. The highest BCUT2D eigenvalue weighted by molar-refractivity contribution is 7.13. The Balaban J connectivity index is 1.64. The maximum absolute atomic E-state index is 12.2. The number of hydrogen-bond donors (Lipinski definition) is 1. The van der Waals surface area contributed by atoms with Crippen LogP contribution in [0.15, 0.2) is 30.0 Å². The average molecular weight is 289 g/mol. The van der Waals surface area contributed by atoms with Gasteiger partial charge in [0.1, 0.15) is 0 Å². The normalized spacial score (nSPS) is 18.8. The first kappa shape index (κ1) is 13.0. The number of piperidine rings is 1. The zero-order valence-corrected chi connectivity index (χ0v) is 11.7. The standard InChI is InChI=1S/C13H15N5OS/c19-11(17-13-16-6-8-20-13)10-3-1-7-18(9-10)12-14-4-2-5-15-12/h2,4-6,8,10H,1,3,7,9H2,(H,16,17,19)/t10-/m0/s1. The van der Waals surface area contributed by atoms with Crippen LogP contribution in [-0.4, -0.2) is 33.9 Å². The monoisotopic (exact) mass is 289 g/mol. The van der Waals surface area contributed by atoms with E-state index in [0.29, 0.717) is 17.6 Å². The molecule has 6 nitrogen and oxygen atoms in total. The fourth-order valence-electron chi connectivity index (χ4n) is 2.32. The quantitative estimate of drug-likeness (QED) is 0.932. The summed E-state index contributed by atoms with van der Waals surface area (Å²) in [7, 11) is 0. The largest absolute Gasteiger partial charge is 0.340 e. The number of carbonyl (C=O) groups excluding carboxylic acids is 1. The van der Waals surface area contributed by atoms with Crippen LogP contribution in [0.1, 0.15) is 12.8 Å².